The van der Waals surface area contributed by atoms with Crippen LogP contribution < -0.4 is 0 Å². The minimum Gasteiger partial charge on any atom is -0.481 e. The fourth-order valence-electron chi connectivity index (χ4n) is 1.32. The number of carboxylic acids is 1. The van der Waals surface area contributed by atoms with Crippen molar-refractivity contribution < 1.29 is 14.7 Å². The van der Waals surface area contributed by atoms with E-state index in [1.54, 1.807) is 7.05 Å². The molecule has 0 rings (SSSR count). The van der Waals surface area contributed by atoms with Crippen LogP contribution in [-0.4, -0.2) is 35.5 Å². The molecule has 0 aliphatic heterocycles. The molecule has 0 bridgehead atoms. The molecule has 0 saturated heterocycles. The summed E-state index contributed by atoms with van der Waals surface area (Å²) in [6, 6.07) is 0. The Kier molecular flexibility index (Phi) is 5.97. The van der Waals surface area contributed by atoms with E-state index in [9.17, 15) is 9.59 Å². The Morgan fingerprint density at radius 1 is 1.33 bits per heavy atom. The van der Waals surface area contributed by atoms with Crippen LogP contribution in [0.3, 0.4) is 0 Å². The topological polar surface area (TPSA) is 57.6 Å². The largest absolute Gasteiger partial charge is 0.481 e. The van der Waals surface area contributed by atoms with Gasteiger partial charge in [0.15, 0.2) is 0 Å². The minimum absolute atomic E-state index is 0.00939. The van der Waals surface area contributed by atoms with E-state index < -0.39 is 5.97 Å². The summed E-state index contributed by atoms with van der Waals surface area (Å²) in [7, 11) is 1.66. The maximum atomic E-state index is 11.8. The molecule has 0 saturated carbocycles. The van der Waals surface area contributed by atoms with Gasteiger partial charge in [-0.15, -0.1) is 0 Å². The monoisotopic (exact) mass is 215 g/mol. The maximum Gasteiger partial charge on any atom is 0.305 e. The molecule has 0 aromatic heterocycles. The van der Waals surface area contributed by atoms with E-state index in [1.807, 2.05) is 20.8 Å². The predicted molar refractivity (Wildman–Crippen MR) is 58.5 cm³/mol. The third kappa shape index (κ3) is 4.81. The van der Waals surface area contributed by atoms with Crippen LogP contribution in [0.15, 0.2) is 0 Å². The molecule has 88 valence electrons. The smallest absolute Gasteiger partial charge is 0.305 e. The van der Waals surface area contributed by atoms with E-state index in [-0.39, 0.29) is 24.8 Å². The molecule has 2 unspecified atom stereocenters. The lowest BCUT2D eigenvalue weighted by Gasteiger charge is -2.24. The van der Waals surface area contributed by atoms with Crippen LogP contribution in [0.2, 0.25) is 0 Å². The molecule has 0 heterocycles. The van der Waals surface area contributed by atoms with Gasteiger partial charge in [-0.2, -0.15) is 0 Å². The summed E-state index contributed by atoms with van der Waals surface area (Å²) < 4.78 is 0. The summed E-state index contributed by atoms with van der Waals surface area (Å²) in [5.74, 6) is -0.532. The van der Waals surface area contributed by atoms with Crippen molar-refractivity contribution in [3.63, 3.8) is 0 Å². The number of amides is 1. The fourth-order valence-corrected chi connectivity index (χ4v) is 1.32. The molecule has 15 heavy (non-hydrogen) atoms. The molecular weight excluding hydrogens is 194 g/mol. The highest BCUT2D eigenvalue weighted by Crippen LogP contribution is 2.16. The Bertz CT molecular complexity index is 228. The first-order valence-electron chi connectivity index (χ1n) is 5.36. The van der Waals surface area contributed by atoms with Crippen molar-refractivity contribution >= 4 is 11.9 Å². The molecule has 2 atom stereocenters. The lowest BCUT2D eigenvalue weighted by Crippen LogP contribution is -2.35. The fraction of sp³-hybridized carbons (Fsp3) is 0.818. The zero-order chi connectivity index (χ0) is 12.0. The lowest BCUT2D eigenvalue weighted by atomic mass is 9.92. The number of carboxylic acid groups (broad SMARTS) is 1. The number of nitrogens with zero attached hydrogens (tertiary/aromatic N) is 1. The Hall–Kier alpha value is -1.06. The van der Waals surface area contributed by atoms with Crippen molar-refractivity contribution in [2.75, 3.05) is 13.6 Å². The van der Waals surface area contributed by atoms with Crippen molar-refractivity contribution in [1.82, 2.24) is 4.90 Å². The van der Waals surface area contributed by atoms with Gasteiger partial charge < -0.3 is 10.0 Å². The van der Waals surface area contributed by atoms with E-state index in [4.69, 9.17) is 5.11 Å². The molecule has 0 aromatic rings. The number of aliphatic carboxylic acids is 1. The Balaban J connectivity index is 4.13. The number of carbonyl (C=O) groups is 2. The number of carbonyl (C=O) groups excluding carboxylic acids is 1. The second kappa shape index (κ2) is 6.43. The van der Waals surface area contributed by atoms with E-state index >= 15 is 0 Å². The summed E-state index contributed by atoms with van der Waals surface area (Å²) in [5, 5.41) is 8.50. The molecule has 1 N–H and O–H groups in total. The Morgan fingerprint density at radius 2 is 1.87 bits per heavy atom. The standard InChI is InChI=1S/C11H21NO3/c1-5-8(2)9(3)11(15)12(4)7-6-10(13)14/h8-9H,5-7H2,1-4H3,(H,13,14). The van der Waals surface area contributed by atoms with Crippen LogP contribution in [0.25, 0.3) is 0 Å². The van der Waals surface area contributed by atoms with Gasteiger partial charge in [-0.05, 0) is 5.92 Å². The van der Waals surface area contributed by atoms with Gasteiger partial charge in [-0.1, -0.05) is 27.2 Å². The van der Waals surface area contributed by atoms with Gasteiger partial charge in [0.1, 0.15) is 0 Å². The van der Waals surface area contributed by atoms with E-state index in [1.165, 1.54) is 4.90 Å². The molecule has 0 aromatic carbocycles. The van der Waals surface area contributed by atoms with Crippen LogP contribution in [0.4, 0.5) is 0 Å². The molecule has 4 heteroatoms. The summed E-state index contributed by atoms with van der Waals surface area (Å²) in [6.45, 7) is 6.27. The molecule has 0 aliphatic carbocycles. The highest BCUT2D eigenvalue weighted by molar-refractivity contribution is 5.79. The third-order valence-electron chi connectivity index (χ3n) is 2.92. The second-order valence-corrected chi connectivity index (χ2v) is 4.08. The average Bonchev–Trinajstić information content (AvgIpc) is 2.22. The summed E-state index contributed by atoms with van der Waals surface area (Å²) >= 11 is 0. The average molecular weight is 215 g/mol. The zero-order valence-electron chi connectivity index (χ0n) is 9.99. The van der Waals surface area contributed by atoms with Gasteiger partial charge in [0, 0.05) is 19.5 Å². The van der Waals surface area contributed by atoms with Crippen LogP contribution in [0.5, 0.6) is 0 Å². The molecular formula is C11H21NO3. The molecule has 0 fully saturated rings. The lowest BCUT2D eigenvalue weighted by molar-refractivity contribution is -0.139. The molecule has 0 aliphatic rings. The Morgan fingerprint density at radius 3 is 2.27 bits per heavy atom. The number of hydrogen-bond donors (Lipinski definition) is 1. The third-order valence-corrected chi connectivity index (χ3v) is 2.92. The summed E-state index contributed by atoms with van der Waals surface area (Å²) in [6.07, 6.45) is 0.967. The van der Waals surface area contributed by atoms with Crippen molar-refractivity contribution in [2.24, 2.45) is 11.8 Å². The predicted octanol–water partition coefficient (Wildman–Crippen LogP) is 1.60. The molecule has 1 amide bonds. The van der Waals surface area contributed by atoms with Gasteiger partial charge in [0.25, 0.3) is 0 Å². The first-order valence-corrected chi connectivity index (χ1v) is 5.36. The van der Waals surface area contributed by atoms with Crippen LogP contribution in [-0.2, 0) is 9.59 Å². The van der Waals surface area contributed by atoms with E-state index in [2.05, 4.69) is 0 Å². The quantitative estimate of drug-likeness (QED) is 0.732. The second-order valence-electron chi connectivity index (χ2n) is 4.08. The normalized spacial score (nSPS) is 14.4. The van der Waals surface area contributed by atoms with Gasteiger partial charge in [0.2, 0.25) is 5.91 Å². The van der Waals surface area contributed by atoms with Crippen LogP contribution >= 0.6 is 0 Å². The Labute approximate surface area is 91.3 Å². The van der Waals surface area contributed by atoms with E-state index in [0.717, 1.165) is 6.42 Å². The SMILES string of the molecule is CCC(C)C(C)C(=O)N(C)CCC(=O)O. The van der Waals surface area contributed by atoms with Gasteiger partial charge in [-0.25, -0.2) is 0 Å². The van der Waals surface area contributed by atoms with Gasteiger partial charge >= 0.3 is 5.97 Å². The van der Waals surface area contributed by atoms with Crippen LogP contribution in [0.1, 0.15) is 33.6 Å². The molecule has 0 spiro atoms. The first-order chi connectivity index (χ1) is 6.90. The van der Waals surface area contributed by atoms with Crippen molar-refractivity contribution in [3.05, 3.63) is 0 Å². The highest BCUT2D eigenvalue weighted by atomic mass is 16.4. The van der Waals surface area contributed by atoms with Crippen LogP contribution in [0, 0.1) is 11.8 Å². The van der Waals surface area contributed by atoms with Gasteiger partial charge in [0.05, 0.1) is 6.42 Å². The van der Waals surface area contributed by atoms with Gasteiger partial charge in [-0.3, -0.25) is 9.59 Å². The minimum atomic E-state index is -0.870. The maximum absolute atomic E-state index is 11.8. The number of hydrogen-bond acceptors (Lipinski definition) is 2. The van der Waals surface area contributed by atoms with Crippen molar-refractivity contribution in [2.45, 2.75) is 33.6 Å². The van der Waals surface area contributed by atoms with E-state index in [0.29, 0.717) is 5.92 Å². The highest BCUT2D eigenvalue weighted by Gasteiger charge is 2.22. The zero-order valence-corrected chi connectivity index (χ0v) is 9.99. The van der Waals surface area contributed by atoms with Crippen molar-refractivity contribution in [1.29, 1.82) is 0 Å². The van der Waals surface area contributed by atoms with Crippen molar-refractivity contribution in [3.8, 4) is 0 Å². The summed E-state index contributed by atoms with van der Waals surface area (Å²) in [5.41, 5.74) is 0. The molecule has 0 radical (unpaired) electrons. The summed E-state index contributed by atoms with van der Waals surface area (Å²) in [4.78, 5) is 23.6. The molecule has 4 nitrogen and oxygen atoms in total. The first kappa shape index (κ1) is 13.9. The number of rotatable bonds is 6.